The van der Waals surface area contributed by atoms with E-state index in [2.05, 4.69) is 26.0 Å². The van der Waals surface area contributed by atoms with Gasteiger partial charge in [-0.15, -0.1) is 0 Å². The van der Waals surface area contributed by atoms with Crippen LogP contribution in [0.2, 0.25) is 0 Å². The normalized spacial score (nSPS) is 20.9. The molecule has 5 rings (SSSR count). The third kappa shape index (κ3) is 5.55. The molecule has 0 bridgehead atoms. The van der Waals surface area contributed by atoms with Gasteiger partial charge in [0.05, 0.1) is 24.1 Å². The molecule has 4 N–H and O–H groups in total. The third-order valence-corrected chi connectivity index (χ3v) is 6.81. The van der Waals surface area contributed by atoms with Gasteiger partial charge < -0.3 is 25.7 Å². The van der Waals surface area contributed by atoms with Gasteiger partial charge >= 0.3 is 0 Å². The number of rotatable bonds is 6. The largest absolute Gasteiger partial charge is 0.389 e. The molecule has 2 fully saturated rings. The van der Waals surface area contributed by atoms with Crippen molar-refractivity contribution in [1.82, 2.24) is 24.6 Å². The summed E-state index contributed by atoms with van der Waals surface area (Å²) in [5.74, 6) is -0.0299. The zero-order chi connectivity index (χ0) is 26.1. The molecule has 12 heteroatoms. The summed E-state index contributed by atoms with van der Waals surface area (Å²) in [7, 11) is 0. The number of aromatic nitrogens is 4. The van der Waals surface area contributed by atoms with E-state index in [4.69, 9.17) is 5.73 Å². The fourth-order valence-corrected chi connectivity index (χ4v) is 4.72. The Kier molecular flexibility index (Phi) is 7.04. The highest BCUT2D eigenvalue weighted by Gasteiger charge is 2.31. The average Bonchev–Trinajstić information content (AvgIpc) is 3.40. The molecule has 0 saturated carbocycles. The van der Waals surface area contributed by atoms with E-state index in [1.807, 2.05) is 17.9 Å². The smallest absolute Gasteiger partial charge is 0.224 e. The minimum atomic E-state index is -0.838. The van der Waals surface area contributed by atoms with Crippen LogP contribution in [-0.4, -0.2) is 92.9 Å². The lowest BCUT2D eigenvalue weighted by Gasteiger charge is -2.35. The van der Waals surface area contributed by atoms with Crippen molar-refractivity contribution in [2.75, 3.05) is 61.3 Å². The number of piperazine rings is 1. The molecule has 2 aromatic heterocycles. The van der Waals surface area contributed by atoms with Crippen LogP contribution in [0.3, 0.4) is 0 Å². The summed E-state index contributed by atoms with van der Waals surface area (Å²) in [6, 6.07) is 5.35. The molecule has 0 spiro atoms. The summed E-state index contributed by atoms with van der Waals surface area (Å²) in [5, 5.41) is 24.2. The first kappa shape index (κ1) is 25.1. The number of nitrogens with two attached hydrogens (primary N) is 1. The summed E-state index contributed by atoms with van der Waals surface area (Å²) in [5.41, 5.74) is 8.32. The third-order valence-electron chi connectivity index (χ3n) is 6.81. The van der Waals surface area contributed by atoms with Crippen molar-refractivity contribution in [3.63, 3.8) is 0 Å². The van der Waals surface area contributed by atoms with Gasteiger partial charge in [-0.25, -0.2) is 13.5 Å². The number of nitrogens with zero attached hydrogens (tertiary/aromatic N) is 7. The van der Waals surface area contributed by atoms with E-state index < -0.39 is 23.8 Å². The van der Waals surface area contributed by atoms with Gasteiger partial charge in [0, 0.05) is 69.2 Å². The van der Waals surface area contributed by atoms with E-state index in [1.54, 1.807) is 21.8 Å². The number of nitrogen functional groups attached to an aromatic ring is 1. The molecule has 3 aromatic rings. The second kappa shape index (κ2) is 10.4. The summed E-state index contributed by atoms with van der Waals surface area (Å²) >= 11 is 0. The van der Waals surface area contributed by atoms with Gasteiger partial charge in [-0.3, -0.25) is 4.90 Å². The Morgan fingerprint density at radius 3 is 2.27 bits per heavy atom. The van der Waals surface area contributed by atoms with Crippen molar-refractivity contribution in [1.29, 1.82) is 0 Å². The standard InChI is InChI=1S/C25H30F2N8O2/c1-16-17(3-2-4-32-5-7-33(8-6-32)20-10-18(26)9-19(27)11-20)13-29-35(16)24-12-23(30-25(28)31-24)34-14-21(36)22(37)15-34/h2-3,9-13,21-22,36-37H,4-8,14-15H2,1H3,(H2,28,30,31)/b3-2+/t21-,22+. The molecule has 0 aliphatic carbocycles. The van der Waals surface area contributed by atoms with Crippen molar-refractivity contribution < 1.29 is 19.0 Å². The number of benzene rings is 1. The number of halogens is 2. The zero-order valence-electron chi connectivity index (χ0n) is 20.5. The number of anilines is 3. The van der Waals surface area contributed by atoms with Crippen LogP contribution in [0.4, 0.5) is 26.2 Å². The van der Waals surface area contributed by atoms with Crippen LogP contribution in [0.1, 0.15) is 11.3 Å². The quantitative estimate of drug-likeness (QED) is 0.448. The van der Waals surface area contributed by atoms with Crippen molar-refractivity contribution in [3.8, 4) is 5.82 Å². The fourth-order valence-electron chi connectivity index (χ4n) is 4.72. The van der Waals surface area contributed by atoms with Gasteiger partial charge in [0.25, 0.3) is 0 Å². The Morgan fingerprint density at radius 1 is 0.946 bits per heavy atom. The Morgan fingerprint density at radius 2 is 1.59 bits per heavy atom. The van der Waals surface area contributed by atoms with Crippen LogP contribution in [-0.2, 0) is 0 Å². The highest BCUT2D eigenvalue weighted by Crippen LogP contribution is 2.23. The molecule has 0 amide bonds. The van der Waals surface area contributed by atoms with Crippen LogP contribution in [0.25, 0.3) is 11.9 Å². The molecule has 2 aliphatic heterocycles. The predicted octanol–water partition coefficient (Wildman–Crippen LogP) is 1.21. The Balaban J connectivity index is 1.21. The molecule has 37 heavy (non-hydrogen) atoms. The molecule has 10 nitrogen and oxygen atoms in total. The first-order chi connectivity index (χ1) is 17.8. The van der Waals surface area contributed by atoms with Gasteiger partial charge in [-0.05, 0) is 19.1 Å². The second-order valence-corrected chi connectivity index (χ2v) is 9.40. The fraction of sp³-hybridized carbons (Fsp3) is 0.400. The highest BCUT2D eigenvalue weighted by molar-refractivity contribution is 5.54. The van der Waals surface area contributed by atoms with Crippen molar-refractivity contribution in [2.45, 2.75) is 19.1 Å². The van der Waals surface area contributed by atoms with E-state index >= 15 is 0 Å². The topological polar surface area (TPSA) is 120 Å². The second-order valence-electron chi connectivity index (χ2n) is 9.40. The maximum Gasteiger partial charge on any atom is 0.224 e. The summed E-state index contributed by atoms with van der Waals surface area (Å²) in [4.78, 5) is 14.6. The van der Waals surface area contributed by atoms with Crippen LogP contribution in [0, 0.1) is 18.6 Å². The maximum atomic E-state index is 13.5. The minimum absolute atomic E-state index is 0.0792. The van der Waals surface area contributed by atoms with E-state index in [0.717, 1.165) is 37.0 Å². The van der Waals surface area contributed by atoms with Gasteiger partial charge in [-0.1, -0.05) is 12.2 Å². The molecule has 0 unspecified atom stereocenters. The Bertz CT molecular complexity index is 1260. The van der Waals surface area contributed by atoms with E-state index in [9.17, 15) is 19.0 Å². The molecular formula is C25H30F2N8O2. The first-order valence-electron chi connectivity index (χ1n) is 12.2. The van der Waals surface area contributed by atoms with Gasteiger partial charge in [0.15, 0.2) is 5.82 Å². The van der Waals surface area contributed by atoms with Crippen LogP contribution in [0.5, 0.6) is 0 Å². The molecule has 196 valence electrons. The summed E-state index contributed by atoms with van der Waals surface area (Å²) in [6.07, 6.45) is 4.15. The molecular weight excluding hydrogens is 482 g/mol. The number of aliphatic hydroxyl groups excluding tert-OH is 2. The Hall–Kier alpha value is -3.61. The van der Waals surface area contributed by atoms with E-state index in [0.29, 0.717) is 30.4 Å². The molecule has 1 aromatic carbocycles. The number of hydrogen-bond donors (Lipinski definition) is 3. The van der Waals surface area contributed by atoms with Crippen molar-refractivity contribution in [2.24, 2.45) is 0 Å². The van der Waals surface area contributed by atoms with Gasteiger partial charge in [-0.2, -0.15) is 15.1 Å². The van der Waals surface area contributed by atoms with Crippen LogP contribution >= 0.6 is 0 Å². The van der Waals surface area contributed by atoms with E-state index in [1.165, 1.54) is 12.1 Å². The van der Waals surface area contributed by atoms with Crippen molar-refractivity contribution in [3.05, 3.63) is 59.4 Å². The average molecular weight is 513 g/mol. The zero-order valence-corrected chi connectivity index (χ0v) is 20.5. The van der Waals surface area contributed by atoms with Crippen LogP contribution < -0.4 is 15.5 Å². The lowest BCUT2D eigenvalue weighted by atomic mass is 10.2. The molecule has 2 aliphatic rings. The van der Waals surface area contributed by atoms with E-state index in [-0.39, 0.29) is 19.0 Å². The molecule has 0 radical (unpaired) electrons. The maximum absolute atomic E-state index is 13.5. The molecule has 2 atom stereocenters. The minimum Gasteiger partial charge on any atom is -0.389 e. The lowest BCUT2D eigenvalue weighted by molar-refractivity contribution is 0.0572. The molecule has 4 heterocycles. The predicted molar refractivity (Wildman–Crippen MR) is 137 cm³/mol. The van der Waals surface area contributed by atoms with Crippen LogP contribution in [0.15, 0.2) is 36.5 Å². The van der Waals surface area contributed by atoms with Gasteiger partial charge in [0.1, 0.15) is 17.5 Å². The lowest BCUT2D eigenvalue weighted by Crippen LogP contribution is -2.46. The first-order valence-corrected chi connectivity index (χ1v) is 12.2. The summed E-state index contributed by atoms with van der Waals surface area (Å²) in [6.45, 7) is 6.14. The SMILES string of the molecule is Cc1c(/C=C/CN2CCN(c3cc(F)cc(F)c3)CC2)cnn1-c1cc(N2C[C@@H](O)[C@@H](O)C2)nc(N)n1. The number of aliphatic hydroxyl groups is 2. The highest BCUT2D eigenvalue weighted by atomic mass is 19.1. The van der Waals surface area contributed by atoms with Crippen molar-refractivity contribution >= 4 is 23.5 Å². The Labute approximate surface area is 213 Å². The van der Waals surface area contributed by atoms with Gasteiger partial charge in [0.2, 0.25) is 5.95 Å². The monoisotopic (exact) mass is 512 g/mol. The number of hydrogen-bond acceptors (Lipinski definition) is 9. The molecule has 2 saturated heterocycles. The summed E-state index contributed by atoms with van der Waals surface area (Å²) < 4.78 is 28.8. The number of β-amino-alcohol motifs (C(OH)–C–C–N with tert-alkyl or cyclic N) is 2.